The fraction of sp³-hybridized carbons (Fsp3) is 0.236. The van der Waals surface area contributed by atoms with Crippen LogP contribution in [0.3, 0.4) is 0 Å². The number of aromatic nitrogens is 4. The van der Waals surface area contributed by atoms with E-state index in [1.165, 1.54) is 27.4 Å². The number of aryl methyl sites for hydroxylation is 1. The third-order valence-electron chi connectivity index (χ3n) is 12.0. The smallest absolute Gasteiger partial charge is 0.143 e. The molecule has 6 heteroatoms. The summed E-state index contributed by atoms with van der Waals surface area (Å²) in [5, 5.41) is 14.3. The summed E-state index contributed by atoms with van der Waals surface area (Å²) in [4.78, 5) is 10.4. The normalized spacial score (nSPS) is 12.4. The number of imidazole rings is 1. The van der Waals surface area contributed by atoms with E-state index in [1.807, 2.05) is 13.2 Å². The third-order valence-corrected chi connectivity index (χ3v) is 12.0. The Kier molecular flexibility index (Phi) is 10.5. The maximum atomic E-state index is 11.9. The number of pyridine rings is 1. The molecular weight excluding hydrogens is 928 g/mol. The summed E-state index contributed by atoms with van der Waals surface area (Å²) in [6, 6.07) is 49.2. The van der Waals surface area contributed by atoms with Crippen molar-refractivity contribution in [2.24, 2.45) is 7.05 Å². The van der Waals surface area contributed by atoms with E-state index in [0.29, 0.717) is 0 Å². The van der Waals surface area contributed by atoms with Crippen LogP contribution < -0.4 is 0 Å². The second kappa shape index (κ2) is 15.3. The van der Waals surface area contributed by atoms with Crippen molar-refractivity contribution >= 4 is 32.8 Å². The summed E-state index contributed by atoms with van der Waals surface area (Å²) in [5.41, 5.74) is 14.7. The van der Waals surface area contributed by atoms with Crippen molar-refractivity contribution in [3.8, 4) is 56.3 Å². The summed E-state index contributed by atoms with van der Waals surface area (Å²) < 4.78 is 4.50. The van der Waals surface area contributed by atoms with Gasteiger partial charge in [0.2, 0.25) is 0 Å². The van der Waals surface area contributed by atoms with Gasteiger partial charge in [-0.3, -0.25) is 4.98 Å². The van der Waals surface area contributed by atoms with Crippen molar-refractivity contribution in [1.29, 1.82) is 0 Å². The van der Waals surface area contributed by atoms with Gasteiger partial charge in [0.25, 0.3) is 0 Å². The molecule has 0 fully saturated rings. The van der Waals surface area contributed by atoms with Gasteiger partial charge in [-0.05, 0) is 63.8 Å². The van der Waals surface area contributed by atoms with E-state index in [2.05, 4.69) is 205 Å². The molecule has 1 N–H and O–H groups in total. The summed E-state index contributed by atoms with van der Waals surface area (Å²) in [6.45, 7) is 19.8. The Morgan fingerprint density at radius 3 is 1.92 bits per heavy atom. The predicted octanol–water partition coefficient (Wildman–Crippen LogP) is 14.1. The Bertz CT molecular complexity index is 3110. The fourth-order valence-electron chi connectivity index (χ4n) is 8.61. The summed E-state index contributed by atoms with van der Waals surface area (Å²) in [7, 11) is 2.04. The maximum absolute atomic E-state index is 11.9. The molecule has 0 radical (unpaired) electrons. The van der Waals surface area contributed by atoms with Crippen molar-refractivity contribution in [3.05, 3.63) is 156 Å². The molecule has 0 unspecified atom stereocenters. The summed E-state index contributed by atoms with van der Waals surface area (Å²) in [6.07, 6.45) is 1.92. The molecule has 310 valence electrons. The topological polar surface area (TPSA) is 55.9 Å². The number of benzene rings is 6. The first kappa shape index (κ1) is 41.9. The van der Waals surface area contributed by atoms with E-state index in [9.17, 15) is 5.11 Å². The van der Waals surface area contributed by atoms with Gasteiger partial charge in [0.15, 0.2) is 0 Å². The Morgan fingerprint density at radius 1 is 0.574 bits per heavy atom. The number of fused-ring (bicyclic) bond motifs is 4. The van der Waals surface area contributed by atoms with Gasteiger partial charge in [0.1, 0.15) is 11.6 Å². The predicted molar refractivity (Wildman–Crippen MR) is 251 cm³/mol. The van der Waals surface area contributed by atoms with Crippen molar-refractivity contribution in [2.75, 3.05) is 0 Å². The molecule has 9 rings (SSSR count). The molecule has 9 aromatic rings. The first-order chi connectivity index (χ1) is 28.5. The Hall–Kier alpha value is -5.77. The zero-order valence-electron chi connectivity index (χ0n) is 36.8. The molecule has 5 nitrogen and oxygen atoms in total. The quantitative estimate of drug-likeness (QED) is 0.175. The third kappa shape index (κ3) is 7.42. The Morgan fingerprint density at radius 2 is 1.20 bits per heavy atom. The van der Waals surface area contributed by atoms with Gasteiger partial charge < -0.3 is 14.2 Å². The first-order valence-corrected chi connectivity index (χ1v) is 21.0. The zero-order chi connectivity index (χ0) is 42.3. The molecular formula is C55H53N4OPt-. The van der Waals surface area contributed by atoms with Crippen molar-refractivity contribution < 1.29 is 26.2 Å². The second-order valence-electron chi connectivity index (χ2n) is 19.4. The Labute approximate surface area is 374 Å². The molecule has 3 heterocycles. The van der Waals surface area contributed by atoms with Crippen molar-refractivity contribution in [2.45, 2.75) is 78.6 Å². The van der Waals surface area contributed by atoms with E-state index < -0.39 is 0 Å². The molecule has 0 aliphatic carbocycles. The van der Waals surface area contributed by atoms with Crippen LogP contribution in [0.1, 0.15) is 79.0 Å². The molecule has 0 spiro atoms. The maximum Gasteiger partial charge on any atom is 0.143 e. The number of phenolic OH excluding ortho intramolecular Hbond substituents is 1. The summed E-state index contributed by atoms with van der Waals surface area (Å²) in [5.74, 6) is 1.01. The largest absolute Gasteiger partial charge is 0.507 e. The SMILES string of the molecule is Cn1c(-c2cc(C(C)(C)C)cc(C(C)(C)C)c2O)nc2c(-c3[c-]c(-c4cc(-c5cccc6c7ccccc7n(-c7ccccc7)c56)ccn4)cc(C(C)(C)C)c3)cccc21.[Pt]. The van der Waals surface area contributed by atoms with Gasteiger partial charge in [-0.25, -0.2) is 4.98 Å². The minimum absolute atomic E-state index is 0. The molecule has 61 heavy (non-hydrogen) atoms. The molecule has 3 aromatic heterocycles. The molecule has 0 saturated heterocycles. The van der Waals surface area contributed by atoms with Crippen molar-refractivity contribution in [3.63, 3.8) is 0 Å². The van der Waals surface area contributed by atoms with Gasteiger partial charge in [0, 0.05) is 67.6 Å². The van der Waals surface area contributed by atoms with Gasteiger partial charge in [-0.1, -0.05) is 152 Å². The average Bonchev–Trinajstić information content (AvgIpc) is 3.74. The molecule has 0 amide bonds. The summed E-state index contributed by atoms with van der Waals surface area (Å²) >= 11 is 0. The van der Waals surface area contributed by atoms with Gasteiger partial charge in [-0.2, -0.15) is 0 Å². The van der Waals surface area contributed by atoms with Crippen LogP contribution in [0.25, 0.3) is 83.4 Å². The zero-order valence-corrected chi connectivity index (χ0v) is 39.0. The number of aromatic hydroxyl groups is 1. The number of hydrogen-bond acceptors (Lipinski definition) is 3. The standard InChI is InChI=1S/C55H53N4O.Pt/c1-53(2,3)37-29-35(40-21-17-25-48-49(40)57-52(58(48)10)44-32-38(54(4,5)6)33-45(51(44)60)55(7,8)9)28-36(30-37)46-31-34(26-27-56-46)41-22-16-23-43-42-20-14-15-24-47(42)59(50(41)43)39-18-12-11-13-19-39;/h11-27,29-33,60H,1-10H3;/q-1;. The van der Waals surface area contributed by atoms with Gasteiger partial charge >= 0.3 is 0 Å². The number of para-hydroxylation sites is 4. The van der Waals surface area contributed by atoms with E-state index in [1.54, 1.807) is 0 Å². The first-order valence-electron chi connectivity index (χ1n) is 21.0. The van der Waals surface area contributed by atoms with E-state index in [0.717, 1.165) is 72.7 Å². The molecule has 0 aliphatic heterocycles. The number of nitrogens with zero attached hydrogens (tertiary/aromatic N) is 4. The van der Waals surface area contributed by atoms with Gasteiger partial charge in [-0.15, -0.1) is 29.3 Å². The number of hydrogen-bond donors (Lipinski definition) is 1. The second-order valence-corrected chi connectivity index (χ2v) is 19.4. The molecule has 6 aromatic carbocycles. The van der Waals surface area contributed by atoms with E-state index >= 15 is 0 Å². The number of rotatable bonds is 5. The molecule has 0 saturated carbocycles. The van der Waals surface area contributed by atoms with E-state index in [4.69, 9.17) is 9.97 Å². The molecule has 0 aliphatic rings. The van der Waals surface area contributed by atoms with Crippen LogP contribution in [0.15, 0.2) is 134 Å². The molecule has 0 bridgehead atoms. The van der Waals surface area contributed by atoms with Gasteiger partial charge in [0.05, 0.1) is 27.6 Å². The average molecular weight is 981 g/mol. The Balaban J connectivity index is 0.00000514. The number of phenols is 1. The van der Waals surface area contributed by atoms with Crippen LogP contribution in [0.5, 0.6) is 5.75 Å². The van der Waals surface area contributed by atoms with E-state index in [-0.39, 0.29) is 43.1 Å². The van der Waals surface area contributed by atoms with Crippen LogP contribution in [0, 0.1) is 6.07 Å². The van der Waals surface area contributed by atoms with Crippen LogP contribution in [-0.4, -0.2) is 24.2 Å². The molecule has 0 atom stereocenters. The van der Waals surface area contributed by atoms with Crippen LogP contribution >= 0.6 is 0 Å². The van der Waals surface area contributed by atoms with Crippen LogP contribution in [0.4, 0.5) is 0 Å². The van der Waals surface area contributed by atoms with Crippen LogP contribution in [-0.2, 0) is 44.4 Å². The fourth-order valence-corrected chi connectivity index (χ4v) is 8.61. The monoisotopic (exact) mass is 980 g/mol. The minimum Gasteiger partial charge on any atom is -0.507 e. The van der Waals surface area contributed by atoms with Crippen LogP contribution in [0.2, 0.25) is 0 Å². The van der Waals surface area contributed by atoms with Crippen molar-refractivity contribution in [1.82, 2.24) is 19.1 Å². The minimum atomic E-state index is -0.257.